The van der Waals surface area contributed by atoms with Crippen LogP contribution in [0.25, 0.3) is 0 Å². The minimum Gasteiger partial charge on any atom is -0.323 e. The van der Waals surface area contributed by atoms with Crippen LogP contribution in [0, 0.1) is 11.3 Å². The molecule has 30 heavy (non-hydrogen) atoms. The van der Waals surface area contributed by atoms with E-state index >= 15 is 0 Å². The summed E-state index contributed by atoms with van der Waals surface area (Å²) in [6.45, 7) is 3.31. The van der Waals surface area contributed by atoms with Crippen molar-refractivity contribution in [2.24, 2.45) is 0 Å². The summed E-state index contributed by atoms with van der Waals surface area (Å²) in [4.78, 5) is 52.9. The zero-order valence-corrected chi connectivity index (χ0v) is 16.9. The Balaban J connectivity index is 1.40. The number of nitrogens with one attached hydrogen (secondary N) is 2. The molecule has 0 bridgehead atoms. The van der Waals surface area contributed by atoms with Crippen LogP contribution in [0.4, 0.5) is 15.9 Å². The molecule has 0 unspecified atom stereocenters. The summed E-state index contributed by atoms with van der Waals surface area (Å²) >= 11 is 1.41. The first-order valence-electron chi connectivity index (χ1n) is 9.24. The number of hydrogen-bond donors (Lipinski definition) is 2. The maximum atomic E-state index is 13.0. The number of aromatic nitrogens is 3. The SMILES string of the molecule is CC(=O)Nc1ncc(CN2CCC3(CC2)NC(=O)N(c2ncc(C#N)cn2)C3=O)s1. The summed E-state index contributed by atoms with van der Waals surface area (Å²) in [6.07, 6.45) is 5.21. The van der Waals surface area contributed by atoms with Crippen LogP contribution in [0.3, 0.4) is 0 Å². The Labute approximate surface area is 175 Å². The normalized spacial score (nSPS) is 18.3. The Morgan fingerprint density at radius 1 is 1.27 bits per heavy atom. The number of nitriles is 1. The van der Waals surface area contributed by atoms with Crippen LogP contribution < -0.4 is 15.5 Å². The Kier molecular flexibility index (Phi) is 5.15. The highest BCUT2D eigenvalue weighted by Crippen LogP contribution is 2.32. The van der Waals surface area contributed by atoms with Gasteiger partial charge in [0.15, 0.2) is 5.13 Å². The van der Waals surface area contributed by atoms with Crippen LogP contribution in [0.15, 0.2) is 18.6 Å². The molecule has 2 fully saturated rings. The lowest BCUT2D eigenvalue weighted by atomic mass is 9.87. The summed E-state index contributed by atoms with van der Waals surface area (Å²) in [6, 6.07) is 1.35. The van der Waals surface area contributed by atoms with Crippen LogP contribution in [0.5, 0.6) is 0 Å². The molecule has 1 spiro atoms. The highest BCUT2D eigenvalue weighted by molar-refractivity contribution is 7.15. The molecular formula is C18H18N8O3S. The predicted molar refractivity (Wildman–Crippen MR) is 106 cm³/mol. The number of thiazole rings is 1. The van der Waals surface area contributed by atoms with Gasteiger partial charge in [-0.3, -0.25) is 14.5 Å². The zero-order valence-electron chi connectivity index (χ0n) is 16.1. The third-order valence-corrected chi connectivity index (χ3v) is 5.95. The standard InChI is InChI=1S/C18H18N8O3S/c1-11(27)23-16-22-9-13(30-16)10-25-4-2-18(3-5-25)14(28)26(17(29)24-18)15-20-7-12(6-19)8-21-15/h7-9H,2-5,10H2,1H3,(H,24,29)(H,22,23,27). The molecule has 4 heterocycles. The number of nitrogens with zero attached hydrogens (tertiary/aromatic N) is 6. The van der Waals surface area contributed by atoms with E-state index in [9.17, 15) is 14.4 Å². The molecule has 0 saturated carbocycles. The topological polar surface area (TPSA) is 144 Å². The average molecular weight is 426 g/mol. The van der Waals surface area contributed by atoms with Gasteiger partial charge in [-0.05, 0) is 12.8 Å². The van der Waals surface area contributed by atoms with Gasteiger partial charge in [-0.15, -0.1) is 11.3 Å². The maximum Gasteiger partial charge on any atom is 0.332 e. The first kappa shape index (κ1) is 19.9. The Morgan fingerprint density at radius 3 is 2.60 bits per heavy atom. The molecule has 154 valence electrons. The molecule has 0 aliphatic carbocycles. The number of hydrogen-bond acceptors (Lipinski definition) is 9. The first-order valence-corrected chi connectivity index (χ1v) is 10.1. The summed E-state index contributed by atoms with van der Waals surface area (Å²) < 4.78 is 0. The number of carbonyl (C=O) groups is 3. The van der Waals surface area contributed by atoms with Gasteiger partial charge in [0.25, 0.3) is 5.91 Å². The van der Waals surface area contributed by atoms with Gasteiger partial charge in [-0.2, -0.15) is 10.2 Å². The molecule has 2 saturated heterocycles. The van der Waals surface area contributed by atoms with Crippen molar-refractivity contribution in [2.45, 2.75) is 31.8 Å². The van der Waals surface area contributed by atoms with Crippen molar-refractivity contribution in [1.82, 2.24) is 25.2 Å². The van der Waals surface area contributed by atoms with Crippen molar-refractivity contribution in [3.63, 3.8) is 0 Å². The number of imide groups is 1. The van der Waals surface area contributed by atoms with Gasteiger partial charge in [-0.1, -0.05) is 0 Å². The summed E-state index contributed by atoms with van der Waals surface area (Å²) in [5.41, 5.74) is -0.724. The minimum atomic E-state index is -0.972. The van der Waals surface area contributed by atoms with E-state index < -0.39 is 11.6 Å². The molecule has 2 N–H and O–H groups in total. The van der Waals surface area contributed by atoms with Gasteiger partial charge in [0.05, 0.1) is 18.0 Å². The van der Waals surface area contributed by atoms with E-state index in [0.717, 1.165) is 9.78 Å². The smallest absolute Gasteiger partial charge is 0.323 e. The molecule has 12 heteroatoms. The van der Waals surface area contributed by atoms with E-state index in [4.69, 9.17) is 5.26 Å². The van der Waals surface area contributed by atoms with Crippen molar-refractivity contribution in [2.75, 3.05) is 23.3 Å². The van der Waals surface area contributed by atoms with Crippen molar-refractivity contribution >= 4 is 40.3 Å². The fourth-order valence-corrected chi connectivity index (χ4v) is 4.44. The van der Waals surface area contributed by atoms with E-state index in [-0.39, 0.29) is 23.3 Å². The predicted octanol–water partition coefficient (Wildman–Crippen LogP) is 0.854. The number of amides is 4. The Morgan fingerprint density at radius 2 is 1.97 bits per heavy atom. The second-order valence-corrected chi connectivity index (χ2v) is 8.24. The van der Waals surface area contributed by atoms with Gasteiger partial charge in [-0.25, -0.2) is 19.7 Å². The van der Waals surface area contributed by atoms with Crippen molar-refractivity contribution in [3.05, 3.63) is 29.0 Å². The molecule has 4 amide bonds. The minimum absolute atomic E-state index is 0.0361. The largest absolute Gasteiger partial charge is 0.332 e. The average Bonchev–Trinajstić information content (AvgIpc) is 3.25. The molecule has 4 rings (SSSR count). The molecule has 2 aliphatic rings. The van der Waals surface area contributed by atoms with Crippen LogP contribution in [-0.4, -0.2) is 56.3 Å². The molecular weight excluding hydrogens is 408 g/mol. The molecule has 0 atom stereocenters. The van der Waals surface area contributed by atoms with Crippen molar-refractivity contribution < 1.29 is 14.4 Å². The number of anilines is 2. The molecule has 2 aromatic rings. The maximum absolute atomic E-state index is 13.0. The van der Waals surface area contributed by atoms with Crippen LogP contribution in [0.2, 0.25) is 0 Å². The van der Waals surface area contributed by atoms with Crippen molar-refractivity contribution in [3.8, 4) is 6.07 Å². The van der Waals surface area contributed by atoms with Crippen LogP contribution in [-0.2, 0) is 16.1 Å². The Hall–Kier alpha value is -3.43. The fraction of sp³-hybridized carbons (Fsp3) is 0.389. The monoisotopic (exact) mass is 426 g/mol. The van der Waals surface area contributed by atoms with E-state index in [1.807, 2.05) is 6.07 Å². The van der Waals surface area contributed by atoms with Gasteiger partial charge < -0.3 is 10.6 Å². The molecule has 2 aliphatic heterocycles. The number of rotatable bonds is 4. The lowest BCUT2D eigenvalue weighted by Gasteiger charge is -2.36. The summed E-state index contributed by atoms with van der Waals surface area (Å²) in [7, 11) is 0. The highest BCUT2D eigenvalue weighted by Gasteiger charge is 2.53. The van der Waals surface area contributed by atoms with E-state index in [1.54, 1.807) is 6.20 Å². The molecule has 2 aromatic heterocycles. The second-order valence-electron chi connectivity index (χ2n) is 7.13. The number of urea groups is 1. The lowest BCUT2D eigenvalue weighted by molar-refractivity contribution is -0.123. The van der Waals surface area contributed by atoms with Crippen LogP contribution in [0.1, 0.15) is 30.2 Å². The van der Waals surface area contributed by atoms with E-state index in [2.05, 4.69) is 30.5 Å². The number of piperidine rings is 1. The fourth-order valence-electron chi connectivity index (χ4n) is 3.54. The summed E-state index contributed by atoms with van der Waals surface area (Å²) in [5.74, 6) is -0.573. The van der Waals surface area contributed by atoms with Gasteiger partial charge in [0.2, 0.25) is 11.9 Å². The number of likely N-dealkylation sites (tertiary alicyclic amines) is 1. The third kappa shape index (κ3) is 3.72. The molecule has 0 radical (unpaired) electrons. The quantitative estimate of drug-likeness (QED) is 0.685. The highest BCUT2D eigenvalue weighted by atomic mass is 32.1. The first-order chi connectivity index (χ1) is 14.4. The second kappa shape index (κ2) is 7.77. The zero-order chi connectivity index (χ0) is 21.3. The lowest BCUT2D eigenvalue weighted by Crippen LogP contribution is -2.54. The van der Waals surface area contributed by atoms with E-state index in [0.29, 0.717) is 37.6 Å². The van der Waals surface area contributed by atoms with Gasteiger partial charge in [0.1, 0.15) is 11.6 Å². The third-order valence-electron chi connectivity index (χ3n) is 5.05. The van der Waals surface area contributed by atoms with Gasteiger partial charge >= 0.3 is 6.03 Å². The Bertz CT molecular complexity index is 1040. The summed E-state index contributed by atoms with van der Waals surface area (Å²) in [5, 5.41) is 14.9. The molecule has 11 nitrogen and oxygen atoms in total. The van der Waals surface area contributed by atoms with Gasteiger partial charge in [0, 0.05) is 37.6 Å². The van der Waals surface area contributed by atoms with Crippen molar-refractivity contribution in [1.29, 1.82) is 5.26 Å². The van der Waals surface area contributed by atoms with E-state index in [1.165, 1.54) is 30.7 Å². The van der Waals surface area contributed by atoms with Crippen LogP contribution >= 0.6 is 11.3 Å². The number of carbonyl (C=O) groups excluding carboxylic acids is 3. The molecule has 0 aromatic carbocycles.